The molecule has 0 unspecified atom stereocenters. The molecule has 1 aliphatic rings. The molecule has 2 aromatic carbocycles. The van der Waals surface area contributed by atoms with Crippen molar-refractivity contribution in [1.29, 1.82) is 5.26 Å². The first kappa shape index (κ1) is 19.2. The smallest absolute Gasteiger partial charge is 0.411 e. The maximum atomic E-state index is 12.1. The van der Waals surface area contributed by atoms with Gasteiger partial charge in [0, 0.05) is 24.3 Å². The molecule has 0 aromatic heterocycles. The van der Waals surface area contributed by atoms with E-state index in [1.807, 2.05) is 25.1 Å². The van der Waals surface area contributed by atoms with Crippen LogP contribution in [-0.2, 0) is 9.47 Å². The van der Waals surface area contributed by atoms with Crippen molar-refractivity contribution >= 4 is 23.4 Å². The summed E-state index contributed by atoms with van der Waals surface area (Å²) in [5, 5.41) is 11.7. The fraction of sp³-hybridized carbons (Fsp3) is 0.286. The van der Waals surface area contributed by atoms with E-state index in [-0.39, 0.29) is 6.10 Å². The van der Waals surface area contributed by atoms with Gasteiger partial charge < -0.3 is 14.4 Å². The van der Waals surface area contributed by atoms with Crippen LogP contribution in [0.3, 0.4) is 0 Å². The number of benzene rings is 2. The first-order chi connectivity index (χ1) is 13.5. The molecule has 1 saturated heterocycles. The molecule has 7 nitrogen and oxygen atoms in total. The summed E-state index contributed by atoms with van der Waals surface area (Å²) in [6.07, 6.45) is -0.0210. The van der Waals surface area contributed by atoms with E-state index in [2.05, 4.69) is 21.0 Å². The van der Waals surface area contributed by atoms with Crippen LogP contribution in [0.4, 0.5) is 16.2 Å². The Morgan fingerprint density at radius 3 is 2.61 bits per heavy atom. The minimum absolute atomic E-state index is 0.217. The van der Waals surface area contributed by atoms with Crippen molar-refractivity contribution in [3.8, 4) is 6.07 Å². The monoisotopic (exact) mass is 379 g/mol. The fourth-order valence-electron chi connectivity index (χ4n) is 3.14. The molecule has 1 N–H and O–H groups in total. The Hall–Kier alpha value is -3.53. The number of nitriles is 1. The van der Waals surface area contributed by atoms with Gasteiger partial charge in [-0.05, 0) is 55.0 Å². The number of nitrogens with one attached hydrogen (secondary N) is 1. The minimum Gasteiger partial charge on any atom is -0.465 e. The van der Waals surface area contributed by atoms with Crippen LogP contribution in [-0.4, -0.2) is 38.4 Å². The van der Waals surface area contributed by atoms with Crippen LogP contribution in [0.25, 0.3) is 0 Å². The van der Waals surface area contributed by atoms with E-state index in [0.29, 0.717) is 23.4 Å². The number of methoxy groups -OCH3 is 1. The van der Waals surface area contributed by atoms with Gasteiger partial charge in [0.05, 0.1) is 30.9 Å². The molecule has 1 heterocycles. The molecule has 144 valence electrons. The topological polar surface area (TPSA) is 91.7 Å². The quantitative estimate of drug-likeness (QED) is 0.818. The van der Waals surface area contributed by atoms with Crippen LogP contribution < -0.4 is 10.2 Å². The van der Waals surface area contributed by atoms with Gasteiger partial charge >= 0.3 is 12.1 Å². The van der Waals surface area contributed by atoms with Crippen LogP contribution in [0, 0.1) is 18.3 Å². The van der Waals surface area contributed by atoms with Crippen LogP contribution in [0.1, 0.15) is 27.9 Å². The van der Waals surface area contributed by atoms with Gasteiger partial charge in [-0.3, -0.25) is 5.32 Å². The molecule has 7 heteroatoms. The molecule has 1 atom stereocenters. The highest BCUT2D eigenvalue weighted by molar-refractivity contribution is 5.91. The van der Waals surface area contributed by atoms with Gasteiger partial charge in [-0.25, -0.2) is 9.59 Å². The van der Waals surface area contributed by atoms with Crippen molar-refractivity contribution in [3.05, 3.63) is 59.2 Å². The summed E-state index contributed by atoms with van der Waals surface area (Å²) in [5.74, 6) is -0.432. The van der Waals surface area contributed by atoms with Crippen molar-refractivity contribution < 1.29 is 19.1 Å². The summed E-state index contributed by atoms with van der Waals surface area (Å²) >= 11 is 0. The molecule has 1 amide bonds. The number of nitrogens with zero attached hydrogens (tertiary/aromatic N) is 2. The van der Waals surface area contributed by atoms with Gasteiger partial charge in [-0.1, -0.05) is 0 Å². The Balaban J connectivity index is 1.54. The number of carbonyl (C=O) groups excluding carboxylic acids is 2. The van der Waals surface area contributed by atoms with E-state index in [1.54, 1.807) is 24.3 Å². The van der Waals surface area contributed by atoms with Crippen LogP contribution >= 0.6 is 0 Å². The number of aryl methyl sites for hydroxylation is 1. The molecule has 0 radical (unpaired) electrons. The minimum atomic E-state index is -0.534. The molecule has 1 fully saturated rings. The van der Waals surface area contributed by atoms with Crippen LogP contribution in [0.15, 0.2) is 42.5 Å². The molecule has 1 aliphatic heterocycles. The number of carbonyl (C=O) groups is 2. The normalized spacial score (nSPS) is 15.6. The summed E-state index contributed by atoms with van der Waals surface area (Å²) < 4.78 is 10.1. The van der Waals surface area contributed by atoms with E-state index in [4.69, 9.17) is 10.00 Å². The maximum Gasteiger partial charge on any atom is 0.411 e. The number of anilines is 2. The molecule has 0 spiro atoms. The third-order valence-electron chi connectivity index (χ3n) is 4.67. The Morgan fingerprint density at radius 1 is 1.21 bits per heavy atom. The van der Waals surface area contributed by atoms with Gasteiger partial charge in [0.15, 0.2) is 0 Å². The first-order valence-corrected chi connectivity index (χ1v) is 8.92. The lowest BCUT2D eigenvalue weighted by molar-refractivity contribution is 0.0600. The third-order valence-corrected chi connectivity index (χ3v) is 4.67. The molecule has 3 rings (SSSR count). The average Bonchev–Trinajstić information content (AvgIpc) is 3.16. The predicted octanol–water partition coefficient (Wildman–Crippen LogP) is 3.48. The van der Waals surface area contributed by atoms with Crippen LogP contribution in [0.5, 0.6) is 0 Å². The largest absolute Gasteiger partial charge is 0.465 e. The van der Waals surface area contributed by atoms with E-state index >= 15 is 0 Å². The van der Waals surface area contributed by atoms with Gasteiger partial charge in [0.2, 0.25) is 0 Å². The van der Waals surface area contributed by atoms with Crippen LogP contribution in [0.2, 0.25) is 0 Å². The van der Waals surface area contributed by atoms with Crippen molar-refractivity contribution in [3.63, 3.8) is 0 Å². The van der Waals surface area contributed by atoms with E-state index < -0.39 is 12.1 Å². The summed E-state index contributed by atoms with van der Waals surface area (Å²) in [4.78, 5) is 25.7. The Labute approximate surface area is 163 Å². The zero-order chi connectivity index (χ0) is 20.1. The number of ether oxygens (including phenoxy) is 2. The highest BCUT2D eigenvalue weighted by Gasteiger charge is 2.26. The molecular weight excluding hydrogens is 358 g/mol. The number of rotatable bonds is 4. The van der Waals surface area contributed by atoms with Gasteiger partial charge in [0.25, 0.3) is 0 Å². The Bertz CT molecular complexity index is 918. The first-order valence-electron chi connectivity index (χ1n) is 8.92. The number of esters is 1. The predicted molar refractivity (Wildman–Crippen MR) is 104 cm³/mol. The summed E-state index contributed by atoms with van der Waals surface area (Å²) in [6.45, 7) is 3.28. The SMILES string of the molecule is COC(=O)c1ccc(NC(=O)O[C@H]2CCN(c3ccc(C#N)c(C)c3)C2)cc1. The number of hydrogen-bond acceptors (Lipinski definition) is 6. The highest BCUT2D eigenvalue weighted by Crippen LogP contribution is 2.24. The van der Waals surface area contributed by atoms with Gasteiger partial charge in [0.1, 0.15) is 6.10 Å². The zero-order valence-corrected chi connectivity index (χ0v) is 15.8. The molecule has 0 bridgehead atoms. The Kier molecular flexibility index (Phi) is 5.80. The molecule has 2 aromatic rings. The molecule has 0 saturated carbocycles. The Morgan fingerprint density at radius 2 is 1.96 bits per heavy atom. The van der Waals surface area contributed by atoms with E-state index in [0.717, 1.165) is 24.2 Å². The van der Waals surface area contributed by atoms with Crippen molar-refractivity contribution in [2.75, 3.05) is 30.4 Å². The lowest BCUT2D eigenvalue weighted by Crippen LogP contribution is -2.26. The summed E-state index contributed by atoms with van der Waals surface area (Å²) in [7, 11) is 1.32. The lowest BCUT2D eigenvalue weighted by atomic mass is 10.1. The van der Waals surface area contributed by atoms with Crippen molar-refractivity contribution in [2.45, 2.75) is 19.4 Å². The molecular formula is C21H21N3O4. The summed E-state index contributed by atoms with van der Waals surface area (Å²) in [5.41, 5.74) is 3.55. The second-order valence-electron chi connectivity index (χ2n) is 6.57. The second-order valence-corrected chi connectivity index (χ2v) is 6.57. The van der Waals surface area contributed by atoms with E-state index in [1.165, 1.54) is 7.11 Å². The highest BCUT2D eigenvalue weighted by atomic mass is 16.6. The maximum absolute atomic E-state index is 12.1. The van der Waals surface area contributed by atoms with E-state index in [9.17, 15) is 9.59 Å². The zero-order valence-electron chi connectivity index (χ0n) is 15.8. The van der Waals surface area contributed by atoms with Crippen molar-refractivity contribution in [1.82, 2.24) is 0 Å². The molecule has 28 heavy (non-hydrogen) atoms. The average molecular weight is 379 g/mol. The van der Waals surface area contributed by atoms with Gasteiger partial charge in [-0.2, -0.15) is 5.26 Å². The second kappa shape index (κ2) is 8.44. The lowest BCUT2D eigenvalue weighted by Gasteiger charge is -2.19. The third kappa shape index (κ3) is 4.41. The fourth-order valence-corrected chi connectivity index (χ4v) is 3.14. The standard InChI is InChI=1S/C21H21N3O4/c1-14-11-18(8-5-16(14)12-22)24-10-9-19(13-24)28-21(26)23-17-6-3-15(4-7-17)20(25)27-2/h3-8,11,19H,9-10,13H2,1-2H3,(H,23,26)/t19-/m0/s1. The molecule has 0 aliphatic carbocycles. The van der Waals surface area contributed by atoms with Crippen molar-refractivity contribution in [2.24, 2.45) is 0 Å². The number of amides is 1. The number of hydrogen-bond donors (Lipinski definition) is 1. The van der Waals surface area contributed by atoms with Gasteiger partial charge in [-0.15, -0.1) is 0 Å². The summed E-state index contributed by atoms with van der Waals surface area (Å²) in [6, 6.07) is 14.2.